The molecule has 0 spiro atoms. The molecule has 5 aromatic carbocycles. The average Bonchev–Trinajstić information content (AvgIpc) is 3.43. The van der Waals surface area contributed by atoms with E-state index in [1.54, 1.807) is 0 Å². The first-order chi connectivity index (χ1) is 20.3. The summed E-state index contributed by atoms with van der Waals surface area (Å²) in [6, 6.07) is 38.1. The van der Waals surface area contributed by atoms with E-state index in [1.165, 1.54) is 49.8 Å². The standard InChI is InChI=1S/C41H41NO/c1-39(2,3)26-13-17-28(18-14-26)42(29-19-15-27(16-20-29)40(4,5)6)30-21-22-31-33-25-38-34(32-11-9-10-12-37(32)43-38)24-36(33)41(7,8)35(31)23-30/h9-25H,1-8H3. The van der Waals surface area contributed by atoms with E-state index in [4.69, 9.17) is 4.42 Å². The summed E-state index contributed by atoms with van der Waals surface area (Å²) in [5.41, 5.74) is 13.4. The van der Waals surface area contributed by atoms with E-state index < -0.39 is 0 Å². The van der Waals surface area contributed by atoms with Crippen molar-refractivity contribution in [2.75, 3.05) is 4.90 Å². The van der Waals surface area contributed by atoms with Gasteiger partial charge in [-0.05, 0) is 98.8 Å². The number of hydrogen-bond acceptors (Lipinski definition) is 2. The zero-order chi connectivity index (χ0) is 30.3. The predicted octanol–water partition coefficient (Wildman–Crippen LogP) is 12.0. The van der Waals surface area contributed by atoms with E-state index in [2.05, 4.69) is 157 Å². The molecule has 6 aromatic rings. The van der Waals surface area contributed by atoms with E-state index in [1.807, 2.05) is 6.07 Å². The molecule has 0 fully saturated rings. The first kappa shape index (κ1) is 27.5. The fourth-order valence-electron chi connectivity index (χ4n) is 6.75. The molecular weight excluding hydrogens is 522 g/mol. The molecule has 1 aliphatic carbocycles. The van der Waals surface area contributed by atoms with Gasteiger partial charge < -0.3 is 9.32 Å². The van der Waals surface area contributed by atoms with Gasteiger partial charge in [-0.2, -0.15) is 0 Å². The topological polar surface area (TPSA) is 16.4 Å². The van der Waals surface area contributed by atoms with Crippen LogP contribution >= 0.6 is 0 Å². The summed E-state index contributed by atoms with van der Waals surface area (Å²) in [5, 5.41) is 2.37. The van der Waals surface area contributed by atoms with Crippen LogP contribution in [0.4, 0.5) is 17.1 Å². The first-order valence-corrected chi connectivity index (χ1v) is 15.4. The largest absolute Gasteiger partial charge is 0.456 e. The highest BCUT2D eigenvalue weighted by Crippen LogP contribution is 2.52. The van der Waals surface area contributed by atoms with Crippen LogP contribution in [-0.4, -0.2) is 0 Å². The zero-order valence-electron chi connectivity index (χ0n) is 26.7. The van der Waals surface area contributed by atoms with Crippen molar-refractivity contribution in [1.82, 2.24) is 0 Å². The number of fused-ring (bicyclic) bond motifs is 6. The van der Waals surface area contributed by atoms with Crippen molar-refractivity contribution in [3.05, 3.63) is 125 Å². The van der Waals surface area contributed by atoms with Gasteiger partial charge in [0.05, 0.1) is 0 Å². The van der Waals surface area contributed by atoms with E-state index in [9.17, 15) is 0 Å². The lowest BCUT2D eigenvalue weighted by atomic mass is 9.82. The van der Waals surface area contributed by atoms with Gasteiger partial charge in [0, 0.05) is 33.2 Å². The second kappa shape index (κ2) is 9.35. The number of nitrogens with zero attached hydrogens (tertiary/aromatic N) is 1. The third kappa shape index (κ3) is 4.47. The second-order valence-corrected chi connectivity index (χ2v) is 14.8. The van der Waals surface area contributed by atoms with Crippen molar-refractivity contribution in [2.24, 2.45) is 0 Å². The number of benzene rings is 5. The van der Waals surface area contributed by atoms with Crippen LogP contribution in [-0.2, 0) is 16.2 Å². The van der Waals surface area contributed by atoms with E-state index >= 15 is 0 Å². The lowest BCUT2D eigenvalue weighted by Crippen LogP contribution is -2.17. The van der Waals surface area contributed by atoms with Gasteiger partial charge in [-0.15, -0.1) is 0 Å². The zero-order valence-corrected chi connectivity index (χ0v) is 26.7. The molecule has 0 amide bonds. The van der Waals surface area contributed by atoms with Gasteiger partial charge in [0.15, 0.2) is 0 Å². The van der Waals surface area contributed by atoms with E-state index in [0.29, 0.717) is 0 Å². The Hall–Kier alpha value is -4.30. The van der Waals surface area contributed by atoms with Gasteiger partial charge in [-0.3, -0.25) is 0 Å². The number of furan rings is 1. The predicted molar refractivity (Wildman–Crippen MR) is 183 cm³/mol. The number of rotatable bonds is 3. The molecule has 216 valence electrons. The van der Waals surface area contributed by atoms with Crippen molar-refractivity contribution >= 4 is 39.0 Å². The molecule has 2 heteroatoms. The third-order valence-electron chi connectivity index (χ3n) is 9.40. The first-order valence-electron chi connectivity index (χ1n) is 15.4. The highest BCUT2D eigenvalue weighted by atomic mass is 16.3. The maximum absolute atomic E-state index is 6.30. The van der Waals surface area contributed by atoms with Crippen LogP contribution < -0.4 is 4.90 Å². The molecular formula is C41H41NO. The minimum atomic E-state index is -0.148. The van der Waals surface area contributed by atoms with Gasteiger partial charge in [-0.25, -0.2) is 0 Å². The Bertz CT molecular complexity index is 1930. The molecule has 0 radical (unpaired) electrons. The lowest BCUT2D eigenvalue weighted by molar-refractivity contribution is 0.590. The Morgan fingerprint density at radius 3 is 1.63 bits per heavy atom. The summed E-state index contributed by atoms with van der Waals surface area (Å²) in [5.74, 6) is 0. The molecule has 1 aromatic heterocycles. The summed E-state index contributed by atoms with van der Waals surface area (Å²) in [7, 11) is 0. The molecule has 43 heavy (non-hydrogen) atoms. The highest BCUT2D eigenvalue weighted by Gasteiger charge is 2.37. The Labute approximate surface area is 256 Å². The van der Waals surface area contributed by atoms with Crippen LogP contribution in [0.2, 0.25) is 0 Å². The fourth-order valence-corrected chi connectivity index (χ4v) is 6.75. The normalized spacial score (nSPS) is 14.2. The molecule has 0 N–H and O–H groups in total. The third-order valence-corrected chi connectivity index (χ3v) is 9.40. The van der Waals surface area contributed by atoms with Crippen LogP contribution in [0.5, 0.6) is 0 Å². The van der Waals surface area contributed by atoms with Gasteiger partial charge >= 0.3 is 0 Å². The van der Waals surface area contributed by atoms with Gasteiger partial charge in [0.2, 0.25) is 0 Å². The van der Waals surface area contributed by atoms with E-state index in [0.717, 1.165) is 22.5 Å². The Balaban J connectivity index is 1.37. The van der Waals surface area contributed by atoms with Crippen molar-refractivity contribution < 1.29 is 4.42 Å². The van der Waals surface area contributed by atoms with Gasteiger partial charge in [-0.1, -0.05) is 104 Å². The van der Waals surface area contributed by atoms with Gasteiger partial charge in [0.1, 0.15) is 11.2 Å². The highest BCUT2D eigenvalue weighted by molar-refractivity contribution is 6.07. The molecule has 0 unspecified atom stereocenters. The monoisotopic (exact) mass is 563 g/mol. The molecule has 0 aliphatic heterocycles. The number of anilines is 3. The molecule has 7 rings (SSSR count). The summed E-state index contributed by atoms with van der Waals surface area (Å²) in [4.78, 5) is 2.40. The molecule has 1 heterocycles. The molecule has 0 saturated carbocycles. The van der Waals surface area contributed by atoms with Crippen molar-refractivity contribution in [3.8, 4) is 11.1 Å². The maximum Gasteiger partial charge on any atom is 0.136 e. The minimum Gasteiger partial charge on any atom is -0.456 e. The SMILES string of the molecule is CC(C)(C)c1ccc(N(c2ccc(C(C)(C)C)cc2)c2ccc3c(c2)C(C)(C)c2cc4c(cc2-3)oc2ccccc24)cc1. The van der Waals surface area contributed by atoms with Crippen LogP contribution in [0.15, 0.2) is 108 Å². The Morgan fingerprint density at radius 1 is 0.512 bits per heavy atom. The smallest absolute Gasteiger partial charge is 0.136 e. The Morgan fingerprint density at radius 2 is 1.05 bits per heavy atom. The number of para-hydroxylation sites is 1. The van der Waals surface area contributed by atoms with Crippen molar-refractivity contribution in [2.45, 2.75) is 71.6 Å². The summed E-state index contributed by atoms with van der Waals surface area (Å²) < 4.78 is 6.30. The van der Waals surface area contributed by atoms with Crippen molar-refractivity contribution in [1.29, 1.82) is 0 Å². The summed E-state index contributed by atoms with van der Waals surface area (Å²) in [6.07, 6.45) is 0. The quantitative estimate of drug-likeness (QED) is 0.213. The summed E-state index contributed by atoms with van der Waals surface area (Å²) in [6.45, 7) is 18.3. The average molecular weight is 564 g/mol. The fraction of sp³-hybridized carbons (Fsp3) is 0.268. The minimum absolute atomic E-state index is 0.103. The Kier molecular flexibility index (Phi) is 5.98. The molecule has 1 aliphatic rings. The van der Waals surface area contributed by atoms with Crippen LogP contribution in [0.3, 0.4) is 0 Å². The van der Waals surface area contributed by atoms with Crippen molar-refractivity contribution in [3.63, 3.8) is 0 Å². The van der Waals surface area contributed by atoms with Crippen LogP contribution in [0, 0.1) is 0 Å². The number of hydrogen-bond donors (Lipinski definition) is 0. The van der Waals surface area contributed by atoms with Crippen LogP contribution in [0.1, 0.15) is 77.6 Å². The second-order valence-electron chi connectivity index (χ2n) is 14.8. The lowest BCUT2D eigenvalue weighted by Gasteiger charge is -2.29. The summed E-state index contributed by atoms with van der Waals surface area (Å²) >= 11 is 0. The van der Waals surface area contributed by atoms with E-state index in [-0.39, 0.29) is 16.2 Å². The maximum atomic E-state index is 6.30. The molecule has 0 atom stereocenters. The molecule has 0 saturated heterocycles. The van der Waals surface area contributed by atoms with Gasteiger partial charge in [0.25, 0.3) is 0 Å². The molecule has 2 nitrogen and oxygen atoms in total. The van der Waals surface area contributed by atoms with Crippen LogP contribution in [0.25, 0.3) is 33.1 Å². The molecule has 0 bridgehead atoms.